The molecule has 1 aliphatic heterocycles. The normalized spacial score (nSPS) is 15.3. The van der Waals surface area contributed by atoms with Crippen LogP contribution in [0.1, 0.15) is 0 Å². The molecule has 0 aliphatic carbocycles. The Labute approximate surface area is 76.9 Å². The van der Waals surface area contributed by atoms with Crippen molar-refractivity contribution in [1.29, 1.82) is 5.26 Å². The summed E-state index contributed by atoms with van der Waals surface area (Å²) in [5.74, 6) is 0.520. The Morgan fingerprint density at radius 3 is 2.77 bits per heavy atom. The first-order chi connectivity index (χ1) is 6.42. The fraction of sp³-hybridized carbons (Fsp3) is 0.200. The molecule has 3 heteroatoms. The average molecular weight is 171 g/mol. The van der Waals surface area contributed by atoms with Gasteiger partial charge in [0, 0.05) is 12.2 Å². The third-order valence-corrected chi connectivity index (χ3v) is 2.01. The summed E-state index contributed by atoms with van der Waals surface area (Å²) in [6.07, 6.45) is 0. The summed E-state index contributed by atoms with van der Waals surface area (Å²) in [7, 11) is 0. The van der Waals surface area contributed by atoms with E-state index >= 15 is 0 Å². The van der Waals surface area contributed by atoms with Gasteiger partial charge in [-0.2, -0.15) is 5.26 Å². The van der Waals surface area contributed by atoms with E-state index in [1.165, 1.54) is 0 Å². The van der Waals surface area contributed by atoms with Gasteiger partial charge in [-0.25, -0.2) is 0 Å². The molecular weight excluding hydrogens is 162 g/mol. The molecule has 0 spiro atoms. The second kappa shape index (κ2) is 3.28. The van der Waals surface area contributed by atoms with E-state index in [0.717, 1.165) is 18.8 Å². The number of anilines is 1. The number of nitriles is 1. The SMILES string of the molecule is N#CC1=NCCN1c1ccccc1. The summed E-state index contributed by atoms with van der Waals surface area (Å²) >= 11 is 0. The zero-order valence-electron chi connectivity index (χ0n) is 7.14. The van der Waals surface area contributed by atoms with Gasteiger partial charge in [0.25, 0.3) is 0 Å². The average Bonchev–Trinajstić information content (AvgIpc) is 2.67. The molecule has 1 aromatic carbocycles. The molecule has 0 atom stereocenters. The highest BCUT2D eigenvalue weighted by atomic mass is 15.2. The van der Waals surface area contributed by atoms with Crippen molar-refractivity contribution in [3.05, 3.63) is 30.3 Å². The summed E-state index contributed by atoms with van der Waals surface area (Å²) in [5, 5.41) is 8.78. The third-order valence-electron chi connectivity index (χ3n) is 2.01. The van der Waals surface area contributed by atoms with Gasteiger partial charge in [-0.1, -0.05) is 18.2 Å². The first-order valence-corrected chi connectivity index (χ1v) is 4.19. The predicted octanol–water partition coefficient (Wildman–Crippen LogP) is 1.43. The van der Waals surface area contributed by atoms with Crippen LogP contribution in [0.15, 0.2) is 35.3 Å². The molecule has 0 amide bonds. The maximum absolute atomic E-state index is 8.78. The van der Waals surface area contributed by atoms with Crippen molar-refractivity contribution in [3.8, 4) is 6.07 Å². The van der Waals surface area contributed by atoms with E-state index in [1.807, 2.05) is 35.2 Å². The van der Waals surface area contributed by atoms with Crippen molar-refractivity contribution < 1.29 is 0 Å². The highest BCUT2D eigenvalue weighted by Gasteiger charge is 2.17. The minimum absolute atomic E-state index is 0.520. The zero-order chi connectivity index (χ0) is 9.10. The van der Waals surface area contributed by atoms with Crippen molar-refractivity contribution in [1.82, 2.24) is 0 Å². The van der Waals surface area contributed by atoms with E-state index in [2.05, 4.69) is 11.1 Å². The van der Waals surface area contributed by atoms with Crippen molar-refractivity contribution in [2.45, 2.75) is 0 Å². The van der Waals surface area contributed by atoms with Crippen LogP contribution in [0.2, 0.25) is 0 Å². The quantitative estimate of drug-likeness (QED) is 0.641. The molecule has 0 bridgehead atoms. The fourth-order valence-corrected chi connectivity index (χ4v) is 1.40. The van der Waals surface area contributed by atoms with Gasteiger partial charge >= 0.3 is 0 Å². The molecule has 0 fully saturated rings. The molecule has 64 valence electrons. The number of nitrogens with zero attached hydrogens (tertiary/aromatic N) is 3. The lowest BCUT2D eigenvalue weighted by molar-refractivity contribution is 1.02. The zero-order valence-corrected chi connectivity index (χ0v) is 7.14. The maximum atomic E-state index is 8.78. The van der Waals surface area contributed by atoms with Crippen LogP contribution in [0.4, 0.5) is 5.69 Å². The number of hydrogen-bond donors (Lipinski definition) is 0. The third kappa shape index (κ3) is 1.38. The van der Waals surface area contributed by atoms with Crippen LogP contribution in [-0.2, 0) is 0 Å². The van der Waals surface area contributed by atoms with Crippen LogP contribution in [0.25, 0.3) is 0 Å². The smallest absolute Gasteiger partial charge is 0.208 e. The molecule has 1 aliphatic rings. The second-order valence-corrected chi connectivity index (χ2v) is 2.80. The van der Waals surface area contributed by atoms with Gasteiger partial charge in [-0.15, -0.1) is 0 Å². The molecule has 0 saturated heterocycles. The Morgan fingerprint density at radius 1 is 1.31 bits per heavy atom. The lowest BCUT2D eigenvalue weighted by Gasteiger charge is -2.15. The van der Waals surface area contributed by atoms with E-state index in [1.54, 1.807) is 0 Å². The van der Waals surface area contributed by atoms with Crippen LogP contribution in [-0.4, -0.2) is 18.9 Å². The molecular formula is C10H9N3. The van der Waals surface area contributed by atoms with Gasteiger partial charge < -0.3 is 4.90 Å². The number of benzene rings is 1. The minimum Gasteiger partial charge on any atom is -0.316 e. The van der Waals surface area contributed by atoms with E-state index in [9.17, 15) is 0 Å². The van der Waals surface area contributed by atoms with Gasteiger partial charge in [0.15, 0.2) is 0 Å². The van der Waals surface area contributed by atoms with Gasteiger partial charge in [0.2, 0.25) is 5.84 Å². The van der Waals surface area contributed by atoms with E-state index in [4.69, 9.17) is 5.26 Å². The highest BCUT2D eigenvalue weighted by Crippen LogP contribution is 2.16. The van der Waals surface area contributed by atoms with Gasteiger partial charge in [-0.05, 0) is 12.1 Å². The Morgan fingerprint density at radius 2 is 2.08 bits per heavy atom. The Kier molecular flexibility index (Phi) is 1.97. The summed E-state index contributed by atoms with van der Waals surface area (Å²) in [6.45, 7) is 1.53. The van der Waals surface area contributed by atoms with Crippen LogP contribution in [0, 0.1) is 11.3 Å². The molecule has 0 radical (unpaired) electrons. The first kappa shape index (κ1) is 7.81. The van der Waals surface area contributed by atoms with E-state index < -0.39 is 0 Å². The topological polar surface area (TPSA) is 39.4 Å². The lowest BCUT2D eigenvalue weighted by Crippen LogP contribution is -2.25. The minimum atomic E-state index is 0.520. The molecule has 2 rings (SSSR count). The van der Waals surface area contributed by atoms with Gasteiger partial charge in [-0.3, -0.25) is 4.99 Å². The fourth-order valence-electron chi connectivity index (χ4n) is 1.40. The van der Waals surface area contributed by atoms with Gasteiger partial charge in [0.05, 0.1) is 6.54 Å². The summed E-state index contributed by atoms with van der Waals surface area (Å²) in [4.78, 5) is 6.02. The molecule has 13 heavy (non-hydrogen) atoms. The molecule has 0 saturated carbocycles. The van der Waals surface area contributed by atoms with Crippen LogP contribution >= 0.6 is 0 Å². The van der Waals surface area contributed by atoms with E-state index in [-0.39, 0.29) is 0 Å². The molecule has 0 unspecified atom stereocenters. The molecule has 1 aromatic rings. The predicted molar refractivity (Wildman–Crippen MR) is 51.7 cm³/mol. The van der Waals surface area contributed by atoms with Crippen LogP contribution in [0.5, 0.6) is 0 Å². The largest absolute Gasteiger partial charge is 0.316 e. The number of hydrogen-bond acceptors (Lipinski definition) is 3. The van der Waals surface area contributed by atoms with Crippen molar-refractivity contribution in [3.63, 3.8) is 0 Å². The van der Waals surface area contributed by atoms with Crippen molar-refractivity contribution in [2.75, 3.05) is 18.0 Å². The molecule has 1 heterocycles. The van der Waals surface area contributed by atoms with Crippen LogP contribution < -0.4 is 4.90 Å². The maximum Gasteiger partial charge on any atom is 0.208 e. The van der Waals surface area contributed by atoms with Crippen molar-refractivity contribution in [2.24, 2.45) is 4.99 Å². The number of rotatable bonds is 1. The number of para-hydroxylation sites is 1. The number of amidine groups is 1. The Balaban J connectivity index is 2.29. The number of aliphatic imine (C=N–C) groups is 1. The summed E-state index contributed by atoms with van der Waals surface area (Å²) < 4.78 is 0. The monoisotopic (exact) mass is 171 g/mol. The first-order valence-electron chi connectivity index (χ1n) is 4.19. The molecule has 3 nitrogen and oxygen atoms in total. The van der Waals surface area contributed by atoms with E-state index in [0.29, 0.717) is 5.84 Å². The van der Waals surface area contributed by atoms with Gasteiger partial charge in [0.1, 0.15) is 6.07 Å². The lowest BCUT2D eigenvalue weighted by atomic mass is 10.3. The highest BCUT2D eigenvalue weighted by molar-refractivity contribution is 6.09. The molecule has 0 aromatic heterocycles. The second-order valence-electron chi connectivity index (χ2n) is 2.80. The van der Waals surface area contributed by atoms with Crippen LogP contribution in [0.3, 0.4) is 0 Å². The Hall–Kier alpha value is -1.82. The summed E-state index contributed by atoms with van der Waals surface area (Å²) in [6, 6.07) is 11.9. The Bertz CT molecular complexity index is 362. The standard InChI is InChI=1S/C10H9N3/c11-8-10-12-6-7-13(10)9-4-2-1-3-5-9/h1-5H,6-7H2. The molecule has 0 N–H and O–H groups in total. The summed E-state index contributed by atoms with van der Waals surface area (Å²) in [5.41, 5.74) is 1.04. The van der Waals surface area contributed by atoms with Crippen molar-refractivity contribution >= 4 is 11.5 Å².